The lowest BCUT2D eigenvalue weighted by molar-refractivity contribution is -0.432. The third kappa shape index (κ3) is 13.4. The molecule has 0 unspecified atom stereocenters. The molecule has 0 aliphatic heterocycles. The predicted octanol–water partition coefficient (Wildman–Crippen LogP) is 5.62. The van der Waals surface area contributed by atoms with Crippen LogP contribution in [0.3, 0.4) is 0 Å². The molecule has 0 bridgehead atoms. The number of phenolic OH excluding ortho intramolecular Hbond substituents is 3. The van der Waals surface area contributed by atoms with Crippen molar-refractivity contribution in [2.75, 3.05) is 17.7 Å². The molecule has 1 heterocycles. The van der Waals surface area contributed by atoms with Crippen molar-refractivity contribution in [3.63, 3.8) is 0 Å². The third-order valence-electron chi connectivity index (χ3n) is 7.82. The van der Waals surface area contributed by atoms with Crippen molar-refractivity contribution in [3.8, 4) is 17.2 Å². The smallest absolute Gasteiger partial charge is 0.397 e. The summed E-state index contributed by atoms with van der Waals surface area (Å²) in [6, 6.07) is 7.04. The number of hydrogen-bond donors (Lipinski definition) is 9. The molecule has 364 valence electrons. The van der Waals surface area contributed by atoms with Crippen molar-refractivity contribution in [1.82, 2.24) is 9.97 Å². The molecule has 0 saturated heterocycles. The number of halogens is 2. The minimum absolute atomic E-state index is 0.121. The van der Waals surface area contributed by atoms with Gasteiger partial charge in [0.25, 0.3) is 30.4 Å². The average molecular weight is 1080 g/mol. The average Bonchev–Trinajstić information content (AvgIpc) is 3.20. The number of anilines is 2. The summed E-state index contributed by atoms with van der Waals surface area (Å²) in [7, 11) is -25.7. The second kappa shape index (κ2) is 20.4. The van der Waals surface area contributed by atoms with E-state index in [2.05, 4.69) is 59.5 Å². The molecule has 0 aliphatic rings. The van der Waals surface area contributed by atoms with Crippen molar-refractivity contribution < 1.29 is 103 Å². The first-order chi connectivity index (χ1) is 31.5. The highest BCUT2D eigenvalue weighted by Gasteiger charge is 2.28. The Morgan fingerprint density at radius 2 is 1.12 bits per heavy atom. The Hall–Kier alpha value is -6.40. The van der Waals surface area contributed by atoms with E-state index in [4.69, 9.17) is 9.81 Å². The van der Waals surface area contributed by atoms with Crippen LogP contribution < -0.4 is 5.32 Å². The van der Waals surface area contributed by atoms with Gasteiger partial charge in [0, 0.05) is 16.6 Å². The van der Waals surface area contributed by atoms with Crippen LogP contribution in [0.1, 0.15) is 0 Å². The summed E-state index contributed by atoms with van der Waals surface area (Å²) < 4.78 is 195. The fourth-order valence-electron chi connectivity index (χ4n) is 5.01. The van der Waals surface area contributed by atoms with Crippen LogP contribution >= 0.6 is 12.0 Å². The SMILES string of the molecule is O=S(=O)(O)OCCS(=O)(=O)c1ccc(/N=N/c2c(O)c(/N=N/c3cc(Nc4cc(F)nc(F)n4)ccc3S(=O)(=O)O)c(O)c(/N=N/c3cc(SOOO)ccc3S(=O)(=O)O)c2O)c(S(=O)(=O)O)c1. The van der Waals surface area contributed by atoms with E-state index in [-0.39, 0.29) is 22.6 Å². The Bertz CT molecular complexity index is 3480. The molecule has 0 aliphatic carbocycles. The van der Waals surface area contributed by atoms with E-state index in [0.29, 0.717) is 30.3 Å². The highest BCUT2D eigenvalue weighted by molar-refractivity contribution is 7.94. The first kappa shape index (κ1) is 52.6. The maximum absolute atomic E-state index is 13.7. The molecule has 5 aromatic rings. The standard InChI is InChI=1S/C30H23F2N9O21S6/c31-22-12-23(35-30(32)34-22)33-13-1-5-19(65(48,49)50)17(9-13)37-40-25-27(42)24(28(43)26(29(25)44)41-38-18-10-14(63-62-61-45)2-6-20(18)66(51,52)53)39-36-16-4-3-15(11-21(16)67(54,55)56)64(46,47)8-7-60-68(57,58)59/h1-6,9-12,42-45H,7-8H2,(H,33,34,35)(H,48,49,50)(H,51,52,53)(H,54,55,56)(H,57,58,59)/b39-36+,40-37+,41-38+. The van der Waals surface area contributed by atoms with E-state index in [1.165, 1.54) is 0 Å². The van der Waals surface area contributed by atoms with Crippen LogP contribution in [0, 0.1) is 12.0 Å². The maximum Gasteiger partial charge on any atom is 0.397 e. The lowest BCUT2D eigenvalue weighted by Crippen LogP contribution is -2.16. The van der Waals surface area contributed by atoms with Crippen LogP contribution in [0.5, 0.6) is 17.2 Å². The van der Waals surface area contributed by atoms with Gasteiger partial charge < -0.3 is 20.6 Å². The molecular weight excluding hydrogens is 1050 g/mol. The second-order valence-electron chi connectivity index (χ2n) is 12.3. The molecular formula is C30H23F2N9O21S6. The Labute approximate surface area is 382 Å². The van der Waals surface area contributed by atoms with Crippen molar-refractivity contribution in [2.24, 2.45) is 30.7 Å². The molecule has 68 heavy (non-hydrogen) atoms. The number of nitrogens with zero attached hydrogens (tertiary/aromatic N) is 8. The molecule has 1 aromatic heterocycles. The number of rotatable bonds is 19. The molecule has 4 aromatic carbocycles. The number of benzene rings is 4. The van der Waals surface area contributed by atoms with Gasteiger partial charge in [-0.2, -0.15) is 52.4 Å². The normalized spacial score (nSPS) is 13.0. The van der Waals surface area contributed by atoms with Gasteiger partial charge in [-0.3, -0.25) is 18.2 Å². The van der Waals surface area contributed by atoms with Crippen LogP contribution in [-0.2, 0) is 64.1 Å². The number of sulfone groups is 1. The molecule has 0 radical (unpaired) electrons. The van der Waals surface area contributed by atoms with Crippen LogP contribution in [0.15, 0.2) is 116 Å². The van der Waals surface area contributed by atoms with Gasteiger partial charge >= 0.3 is 16.5 Å². The maximum atomic E-state index is 13.7. The van der Waals surface area contributed by atoms with Crippen LogP contribution in [0.25, 0.3) is 0 Å². The van der Waals surface area contributed by atoms with Gasteiger partial charge in [-0.1, -0.05) is 5.04 Å². The summed E-state index contributed by atoms with van der Waals surface area (Å²) >= 11 is 0.240. The Balaban J connectivity index is 1.73. The number of phenols is 3. The summed E-state index contributed by atoms with van der Waals surface area (Å²) in [6.07, 6.45) is -1.53. The largest absolute Gasteiger partial charge is 0.504 e. The highest BCUT2D eigenvalue weighted by atomic mass is 32.3. The number of hydrogen-bond acceptors (Lipinski definition) is 27. The minimum atomic E-state index is -5.49. The van der Waals surface area contributed by atoms with Crippen molar-refractivity contribution in [2.45, 2.75) is 24.5 Å². The van der Waals surface area contributed by atoms with Gasteiger partial charge in [-0.15, -0.1) is 35.0 Å². The zero-order chi connectivity index (χ0) is 50.6. The van der Waals surface area contributed by atoms with Crippen molar-refractivity contribution in [3.05, 3.63) is 72.7 Å². The monoisotopic (exact) mass is 1070 g/mol. The number of azo groups is 3. The quantitative estimate of drug-likeness (QED) is 0.00920. The summed E-state index contributed by atoms with van der Waals surface area (Å²) in [5.74, 6) is -7.56. The molecule has 0 fully saturated rings. The highest BCUT2D eigenvalue weighted by Crippen LogP contribution is 2.57. The third-order valence-corrected chi connectivity index (χ3v) is 13.2. The zero-order valence-corrected chi connectivity index (χ0v) is 37.3. The lowest BCUT2D eigenvalue weighted by atomic mass is 10.2. The Kier molecular flexibility index (Phi) is 15.8. The molecule has 5 rings (SSSR count). The summed E-state index contributed by atoms with van der Waals surface area (Å²) in [5, 5.41) is 69.4. The van der Waals surface area contributed by atoms with Gasteiger partial charge in [0.1, 0.15) is 37.6 Å². The van der Waals surface area contributed by atoms with E-state index in [1.807, 2.05) is 0 Å². The fraction of sp³-hybridized carbons (Fsp3) is 0.0667. The fourth-order valence-corrected chi connectivity index (χ4v) is 8.84. The lowest BCUT2D eigenvalue weighted by Gasteiger charge is -2.11. The molecule has 0 amide bonds. The van der Waals surface area contributed by atoms with Crippen molar-refractivity contribution in [1.29, 1.82) is 0 Å². The Morgan fingerprint density at radius 3 is 1.62 bits per heavy atom. The van der Waals surface area contributed by atoms with E-state index in [1.54, 1.807) is 0 Å². The molecule has 0 spiro atoms. The van der Waals surface area contributed by atoms with Crippen LogP contribution in [0.4, 0.5) is 54.4 Å². The first-order valence-corrected chi connectivity index (χ1v) is 24.9. The van der Waals surface area contributed by atoms with Crippen LogP contribution in [0.2, 0.25) is 0 Å². The summed E-state index contributed by atoms with van der Waals surface area (Å²) in [4.78, 5) is 1.66. The minimum Gasteiger partial charge on any atom is -0.504 e. The van der Waals surface area contributed by atoms with Crippen LogP contribution in [-0.4, -0.2) is 103 Å². The van der Waals surface area contributed by atoms with E-state index in [0.717, 1.165) is 30.3 Å². The first-order valence-electron chi connectivity index (χ1n) is 16.9. The van der Waals surface area contributed by atoms with Gasteiger partial charge in [0.15, 0.2) is 44.1 Å². The van der Waals surface area contributed by atoms with Gasteiger partial charge in [-0.25, -0.2) is 17.9 Å². The molecule has 0 saturated carbocycles. The predicted molar refractivity (Wildman–Crippen MR) is 218 cm³/mol. The number of aromatic hydroxyl groups is 3. The topological polar surface area (TPSA) is 472 Å². The molecule has 9 N–H and O–H groups in total. The molecule has 30 nitrogen and oxygen atoms in total. The van der Waals surface area contributed by atoms with E-state index in [9.17, 15) is 79.8 Å². The summed E-state index contributed by atoms with van der Waals surface area (Å²) in [5.41, 5.74) is -6.83. The molecule has 0 atom stereocenters. The van der Waals surface area contributed by atoms with Crippen molar-refractivity contribution >= 4 is 108 Å². The number of aromatic nitrogens is 2. The van der Waals surface area contributed by atoms with Gasteiger partial charge in [0.2, 0.25) is 5.95 Å². The zero-order valence-electron chi connectivity index (χ0n) is 32.4. The van der Waals surface area contributed by atoms with E-state index < -0.39 is 152 Å². The van der Waals surface area contributed by atoms with Gasteiger partial charge in [-0.05, 0) is 54.6 Å². The molecule has 38 heteroatoms. The van der Waals surface area contributed by atoms with Gasteiger partial charge in [0.05, 0.1) is 29.3 Å². The Morgan fingerprint density at radius 1 is 0.603 bits per heavy atom. The summed E-state index contributed by atoms with van der Waals surface area (Å²) in [6.45, 7) is -1.16. The van der Waals surface area contributed by atoms with E-state index >= 15 is 0 Å². The number of nitrogens with one attached hydrogen (secondary N) is 1. The second-order valence-corrected chi connectivity index (χ2v) is 20.5.